The van der Waals surface area contributed by atoms with Crippen LogP contribution < -0.4 is 15.6 Å². The predicted octanol–water partition coefficient (Wildman–Crippen LogP) is 1.79. The van der Waals surface area contributed by atoms with Crippen LogP contribution in [0.3, 0.4) is 0 Å². The highest BCUT2D eigenvalue weighted by molar-refractivity contribution is 5.84. The third-order valence-corrected chi connectivity index (χ3v) is 2.43. The molecule has 0 radical (unpaired) electrons. The third kappa shape index (κ3) is 5.26. The van der Waals surface area contributed by atoms with Crippen LogP contribution in [0.2, 0.25) is 0 Å². The first-order chi connectivity index (χ1) is 9.40. The molecule has 20 heavy (non-hydrogen) atoms. The highest BCUT2D eigenvalue weighted by Crippen LogP contribution is 2.16. The lowest BCUT2D eigenvalue weighted by molar-refractivity contribution is -0.133. The van der Waals surface area contributed by atoms with E-state index in [1.165, 1.54) is 25.1 Å². The van der Waals surface area contributed by atoms with Crippen LogP contribution in [0.4, 0.5) is 4.39 Å². The zero-order valence-electron chi connectivity index (χ0n) is 11.8. The number of hydrogen-bond acceptors (Lipinski definition) is 3. The number of nitrogens with one attached hydrogen (secondary N) is 2. The molecule has 1 aromatic carbocycles. The molecule has 2 N–H and O–H groups in total. The van der Waals surface area contributed by atoms with Crippen LogP contribution in [-0.4, -0.2) is 17.9 Å². The molecule has 0 unspecified atom stereocenters. The second-order valence-electron chi connectivity index (χ2n) is 4.83. The smallest absolute Gasteiger partial charge is 0.279 e. The molecule has 0 aliphatic heterocycles. The van der Waals surface area contributed by atoms with Crippen LogP contribution >= 0.6 is 0 Å². The van der Waals surface area contributed by atoms with E-state index < -0.39 is 17.8 Å². The number of para-hydroxylation sites is 1. The number of halogens is 1. The van der Waals surface area contributed by atoms with Crippen LogP contribution in [0.25, 0.3) is 0 Å². The molecule has 1 atom stereocenters. The molecule has 6 heteroatoms. The van der Waals surface area contributed by atoms with Gasteiger partial charge in [0.25, 0.3) is 5.91 Å². The fourth-order valence-corrected chi connectivity index (χ4v) is 1.44. The molecule has 0 saturated carbocycles. The molecular weight excluding hydrogens is 263 g/mol. The Hall–Kier alpha value is -2.11. The van der Waals surface area contributed by atoms with E-state index in [4.69, 9.17) is 4.74 Å². The monoisotopic (exact) mass is 282 g/mol. The Kier molecular flexibility index (Phi) is 5.96. The number of amides is 2. The highest BCUT2D eigenvalue weighted by atomic mass is 19.1. The average Bonchev–Trinajstić information content (AvgIpc) is 2.37. The summed E-state index contributed by atoms with van der Waals surface area (Å²) < 4.78 is 18.5. The summed E-state index contributed by atoms with van der Waals surface area (Å²) in [6.07, 6.45) is -0.616. The summed E-state index contributed by atoms with van der Waals surface area (Å²) in [6, 6.07) is 5.80. The number of rotatable bonds is 5. The second kappa shape index (κ2) is 7.47. The van der Waals surface area contributed by atoms with Gasteiger partial charge in [0, 0.05) is 6.42 Å². The lowest BCUT2D eigenvalue weighted by atomic mass is 10.1. The molecule has 0 aliphatic carbocycles. The van der Waals surface area contributed by atoms with Gasteiger partial charge in [-0.1, -0.05) is 26.0 Å². The first-order valence-corrected chi connectivity index (χ1v) is 6.40. The van der Waals surface area contributed by atoms with E-state index in [9.17, 15) is 14.0 Å². The summed E-state index contributed by atoms with van der Waals surface area (Å²) in [6.45, 7) is 5.26. The Labute approximate surface area is 117 Å². The number of hydrogen-bond donors (Lipinski definition) is 2. The molecule has 0 aliphatic rings. The molecule has 5 nitrogen and oxygen atoms in total. The van der Waals surface area contributed by atoms with Crippen molar-refractivity contribution in [1.29, 1.82) is 0 Å². The highest BCUT2D eigenvalue weighted by Gasteiger charge is 2.17. The maximum atomic E-state index is 13.3. The molecule has 0 saturated heterocycles. The van der Waals surface area contributed by atoms with Gasteiger partial charge in [-0.25, -0.2) is 4.39 Å². The topological polar surface area (TPSA) is 67.4 Å². The predicted molar refractivity (Wildman–Crippen MR) is 72.2 cm³/mol. The van der Waals surface area contributed by atoms with Crippen molar-refractivity contribution >= 4 is 11.8 Å². The summed E-state index contributed by atoms with van der Waals surface area (Å²) >= 11 is 0. The Morgan fingerprint density at radius 3 is 2.45 bits per heavy atom. The summed E-state index contributed by atoms with van der Waals surface area (Å²) in [4.78, 5) is 23.0. The second-order valence-corrected chi connectivity index (χ2v) is 4.83. The Bertz CT molecular complexity index is 477. The van der Waals surface area contributed by atoms with Crippen LogP contribution in [0, 0.1) is 11.7 Å². The van der Waals surface area contributed by atoms with Crippen molar-refractivity contribution < 1.29 is 18.7 Å². The van der Waals surface area contributed by atoms with Crippen LogP contribution in [0.1, 0.15) is 27.2 Å². The van der Waals surface area contributed by atoms with Crippen molar-refractivity contribution in [3.8, 4) is 5.75 Å². The van der Waals surface area contributed by atoms with E-state index in [1.807, 2.05) is 13.8 Å². The van der Waals surface area contributed by atoms with Gasteiger partial charge >= 0.3 is 0 Å². The average molecular weight is 282 g/mol. The van der Waals surface area contributed by atoms with Gasteiger partial charge in [0.05, 0.1) is 0 Å². The van der Waals surface area contributed by atoms with E-state index >= 15 is 0 Å². The quantitative estimate of drug-likeness (QED) is 0.809. The van der Waals surface area contributed by atoms with Gasteiger partial charge in [-0.3, -0.25) is 20.4 Å². The summed E-state index contributed by atoms with van der Waals surface area (Å²) in [7, 11) is 0. The Morgan fingerprint density at radius 1 is 1.20 bits per heavy atom. The minimum Gasteiger partial charge on any atom is -0.478 e. The lowest BCUT2D eigenvalue weighted by Crippen LogP contribution is -2.47. The summed E-state index contributed by atoms with van der Waals surface area (Å²) in [5.74, 6) is -1.20. The molecule has 0 spiro atoms. The first-order valence-electron chi connectivity index (χ1n) is 6.40. The molecule has 0 heterocycles. The molecule has 0 aromatic heterocycles. The summed E-state index contributed by atoms with van der Waals surface area (Å²) in [5, 5.41) is 0. The van der Waals surface area contributed by atoms with Gasteiger partial charge in [-0.15, -0.1) is 0 Å². The molecular formula is C14H19FN2O3. The summed E-state index contributed by atoms with van der Waals surface area (Å²) in [5.41, 5.74) is 4.52. The third-order valence-electron chi connectivity index (χ3n) is 2.43. The lowest BCUT2D eigenvalue weighted by Gasteiger charge is -2.15. The zero-order chi connectivity index (χ0) is 15.1. The van der Waals surface area contributed by atoms with E-state index in [-0.39, 0.29) is 17.6 Å². The standard InChI is InChI=1S/C14H19FN2O3/c1-9(2)8-13(18)16-17-14(19)10(3)20-12-7-5-4-6-11(12)15/h4-7,9-10H,8H2,1-3H3,(H,16,18)(H,17,19)/t10-/m1/s1. The minimum absolute atomic E-state index is 0.0105. The van der Waals surface area contributed by atoms with Gasteiger partial charge in [0.15, 0.2) is 17.7 Å². The normalized spacial score (nSPS) is 11.8. The van der Waals surface area contributed by atoms with E-state index in [1.54, 1.807) is 6.07 Å². The molecule has 0 fully saturated rings. The van der Waals surface area contributed by atoms with Gasteiger partial charge in [-0.2, -0.15) is 0 Å². The van der Waals surface area contributed by atoms with Gasteiger partial charge in [0.1, 0.15) is 0 Å². The van der Waals surface area contributed by atoms with Crippen molar-refractivity contribution in [3.05, 3.63) is 30.1 Å². The first kappa shape index (κ1) is 15.9. The van der Waals surface area contributed by atoms with Crippen molar-refractivity contribution in [3.63, 3.8) is 0 Å². The van der Waals surface area contributed by atoms with Gasteiger partial charge in [0.2, 0.25) is 5.91 Å². The molecule has 1 rings (SSSR count). The van der Waals surface area contributed by atoms with E-state index in [0.717, 1.165) is 0 Å². The Balaban J connectivity index is 2.44. The number of ether oxygens (including phenoxy) is 1. The number of carbonyl (C=O) groups is 2. The van der Waals surface area contributed by atoms with E-state index in [0.29, 0.717) is 6.42 Å². The number of benzene rings is 1. The van der Waals surface area contributed by atoms with Crippen molar-refractivity contribution in [2.24, 2.45) is 5.92 Å². The number of carbonyl (C=O) groups excluding carboxylic acids is 2. The maximum Gasteiger partial charge on any atom is 0.279 e. The van der Waals surface area contributed by atoms with Crippen LogP contribution in [0.15, 0.2) is 24.3 Å². The van der Waals surface area contributed by atoms with Crippen molar-refractivity contribution in [2.75, 3.05) is 0 Å². The Morgan fingerprint density at radius 2 is 1.85 bits per heavy atom. The van der Waals surface area contributed by atoms with Crippen LogP contribution in [-0.2, 0) is 9.59 Å². The molecule has 110 valence electrons. The van der Waals surface area contributed by atoms with Gasteiger partial charge < -0.3 is 4.74 Å². The number of hydrazine groups is 1. The maximum absolute atomic E-state index is 13.3. The molecule has 1 aromatic rings. The fourth-order valence-electron chi connectivity index (χ4n) is 1.44. The zero-order valence-corrected chi connectivity index (χ0v) is 11.8. The van der Waals surface area contributed by atoms with Gasteiger partial charge in [-0.05, 0) is 25.0 Å². The molecule has 0 bridgehead atoms. The largest absolute Gasteiger partial charge is 0.478 e. The van der Waals surface area contributed by atoms with E-state index in [2.05, 4.69) is 10.9 Å². The minimum atomic E-state index is -0.925. The molecule has 2 amide bonds. The van der Waals surface area contributed by atoms with Crippen molar-refractivity contribution in [2.45, 2.75) is 33.3 Å². The van der Waals surface area contributed by atoms with Crippen LogP contribution in [0.5, 0.6) is 5.75 Å². The van der Waals surface area contributed by atoms with Crippen molar-refractivity contribution in [1.82, 2.24) is 10.9 Å². The fraction of sp³-hybridized carbons (Fsp3) is 0.429. The SMILES string of the molecule is CC(C)CC(=O)NNC(=O)[C@@H](C)Oc1ccccc1F.